The van der Waals surface area contributed by atoms with Crippen LogP contribution in [0.2, 0.25) is 0 Å². The molecule has 0 saturated heterocycles. The summed E-state index contributed by atoms with van der Waals surface area (Å²) in [4.78, 5) is 23.3. The predicted molar refractivity (Wildman–Crippen MR) is 95.9 cm³/mol. The number of anilines is 1. The van der Waals surface area contributed by atoms with Crippen LogP contribution < -0.4 is 10.1 Å². The molecule has 0 aliphatic heterocycles. The maximum atomic E-state index is 12.3. The van der Waals surface area contributed by atoms with Gasteiger partial charge in [-0.25, -0.2) is 4.79 Å². The standard InChI is InChI=1S/C18H18BrNO4/c1-2-3-9-24-16-8-7-12(11-15(16)19)17(21)20-14-6-4-5-13(10-14)18(22)23/h4-8,10-11H,2-3,9H2,1H3,(H,20,21)(H,22,23). The van der Waals surface area contributed by atoms with E-state index in [0.717, 1.165) is 12.8 Å². The number of carbonyl (C=O) groups is 2. The number of amides is 1. The van der Waals surface area contributed by atoms with Gasteiger partial charge in [-0.3, -0.25) is 4.79 Å². The molecule has 1 amide bonds. The Morgan fingerprint density at radius 1 is 1.17 bits per heavy atom. The van der Waals surface area contributed by atoms with Gasteiger partial charge in [0.2, 0.25) is 0 Å². The number of ether oxygens (including phenoxy) is 1. The van der Waals surface area contributed by atoms with E-state index in [1.165, 1.54) is 12.1 Å². The number of rotatable bonds is 7. The van der Waals surface area contributed by atoms with E-state index in [-0.39, 0.29) is 11.5 Å². The summed E-state index contributed by atoms with van der Waals surface area (Å²) in [5.41, 5.74) is 0.999. The fourth-order valence-corrected chi connectivity index (χ4v) is 2.51. The summed E-state index contributed by atoms with van der Waals surface area (Å²) >= 11 is 3.40. The van der Waals surface area contributed by atoms with Crippen molar-refractivity contribution in [1.82, 2.24) is 0 Å². The lowest BCUT2D eigenvalue weighted by atomic mass is 10.1. The highest BCUT2D eigenvalue weighted by Crippen LogP contribution is 2.26. The van der Waals surface area contributed by atoms with Crippen molar-refractivity contribution in [3.63, 3.8) is 0 Å². The molecule has 24 heavy (non-hydrogen) atoms. The topological polar surface area (TPSA) is 75.6 Å². The first-order valence-electron chi connectivity index (χ1n) is 7.58. The van der Waals surface area contributed by atoms with Gasteiger partial charge in [0.25, 0.3) is 5.91 Å². The molecule has 2 N–H and O–H groups in total. The molecule has 2 rings (SSSR count). The maximum absolute atomic E-state index is 12.3. The van der Waals surface area contributed by atoms with Crippen LogP contribution in [0.3, 0.4) is 0 Å². The van der Waals surface area contributed by atoms with E-state index in [2.05, 4.69) is 28.2 Å². The minimum atomic E-state index is -1.04. The molecular formula is C18H18BrNO4. The summed E-state index contributed by atoms with van der Waals surface area (Å²) in [7, 11) is 0. The first kappa shape index (κ1) is 18.0. The molecule has 0 aliphatic carbocycles. The Hall–Kier alpha value is -2.34. The molecule has 126 valence electrons. The number of carboxylic acids is 1. The normalized spacial score (nSPS) is 10.2. The Kier molecular flexibility index (Phi) is 6.37. The number of halogens is 1. The third kappa shape index (κ3) is 4.83. The van der Waals surface area contributed by atoms with Crippen molar-refractivity contribution in [2.24, 2.45) is 0 Å². The number of carbonyl (C=O) groups excluding carboxylic acids is 1. The van der Waals surface area contributed by atoms with Crippen molar-refractivity contribution in [3.8, 4) is 5.75 Å². The molecular weight excluding hydrogens is 374 g/mol. The third-order valence-corrected chi connectivity index (χ3v) is 3.94. The molecule has 0 unspecified atom stereocenters. The Balaban J connectivity index is 2.08. The summed E-state index contributed by atoms with van der Waals surface area (Å²) in [5.74, 6) is -0.673. The van der Waals surface area contributed by atoms with E-state index >= 15 is 0 Å². The van der Waals surface area contributed by atoms with Crippen LogP contribution in [0.1, 0.15) is 40.5 Å². The van der Waals surface area contributed by atoms with Gasteiger partial charge in [0.15, 0.2) is 0 Å². The van der Waals surface area contributed by atoms with Crippen molar-refractivity contribution in [3.05, 3.63) is 58.1 Å². The third-order valence-electron chi connectivity index (χ3n) is 3.32. The van der Waals surface area contributed by atoms with E-state index in [1.54, 1.807) is 30.3 Å². The molecule has 6 heteroatoms. The van der Waals surface area contributed by atoms with Crippen molar-refractivity contribution in [1.29, 1.82) is 0 Å². The number of hydrogen-bond acceptors (Lipinski definition) is 3. The van der Waals surface area contributed by atoms with Gasteiger partial charge in [0.1, 0.15) is 5.75 Å². The van der Waals surface area contributed by atoms with E-state index in [1.807, 2.05) is 0 Å². The van der Waals surface area contributed by atoms with Crippen LogP contribution in [0.5, 0.6) is 5.75 Å². The Morgan fingerprint density at radius 2 is 1.96 bits per heavy atom. The summed E-state index contributed by atoms with van der Waals surface area (Å²) in [6.45, 7) is 2.72. The molecule has 0 aromatic heterocycles. The van der Waals surface area contributed by atoms with Crippen LogP contribution in [0.15, 0.2) is 46.9 Å². The fourth-order valence-electron chi connectivity index (χ4n) is 2.02. The lowest BCUT2D eigenvalue weighted by molar-refractivity contribution is 0.0696. The number of nitrogens with one attached hydrogen (secondary N) is 1. The molecule has 5 nitrogen and oxygen atoms in total. The van der Waals surface area contributed by atoms with E-state index in [4.69, 9.17) is 9.84 Å². The monoisotopic (exact) mass is 391 g/mol. The Labute approximate surface area is 148 Å². The van der Waals surface area contributed by atoms with Gasteiger partial charge in [-0.1, -0.05) is 19.4 Å². The molecule has 0 aliphatic rings. The smallest absolute Gasteiger partial charge is 0.335 e. The van der Waals surface area contributed by atoms with E-state index in [9.17, 15) is 9.59 Å². The number of aromatic carboxylic acids is 1. The van der Waals surface area contributed by atoms with E-state index < -0.39 is 5.97 Å². The molecule has 0 saturated carbocycles. The van der Waals surface area contributed by atoms with Crippen molar-refractivity contribution in [2.45, 2.75) is 19.8 Å². The molecule has 0 atom stereocenters. The molecule has 0 radical (unpaired) electrons. The largest absolute Gasteiger partial charge is 0.492 e. The second kappa shape index (κ2) is 8.49. The average Bonchev–Trinajstić information content (AvgIpc) is 2.56. The molecule has 0 heterocycles. The Morgan fingerprint density at radius 3 is 2.62 bits per heavy atom. The molecule has 0 fully saturated rings. The quantitative estimate of drug-likeness (QED) is 0.677. The summed E-state index contributed by atoms with van der Waals surface area (Å²) < 4.78 is 6.33. The van der Waals surface area contributed by atoms with Crippen molar-refractivity contribution >= 4 is 33.5 Å². The van der Waals surface area contributed by atoms with Crippen LogP contribution >= 0.6 is 15.9 Å². The SMILES string of the molecule is CCCCOc1ccc(C(=O)Nc2cccc(C(=O)O)c2)cc1Br. The van der Waals surface area contributed by atoms with Crippen LogP contribution in [0.4, 0.5) is 5.69 Å². The van der Waals surface area contributed by atoms with Crippen LogP contribution in [0, 0.1) is 0 Å². The lowest BCUT2D eigenvalue weighted by Crippen LogP contribution is -2.12. The highest BCUT2D eigenvalue weighted by molar-refractivity contribution is 9.10. The Bertz CT molecular complexity index is 746. The maximum Gasteiger partial charge on any atom is 0.335 e. The zero-order valence-corrected chi connectivity index (χ0v) is 14.8. The minimum Gasteiger partial charge on any atom is -0.492 e. The van der Waals surface area contributed by atoms with Crippen molar-refractivity contribution < 1.29 is 19.4 Å². The molecule has 0 bridgehead atoms. The molecule has 0 spiro atoms. The average molecular weight is 392 g/mol. The predicted octanol–water partition coefficient (Wildman–Crippen LogP) is 4.58. The van der Waals surface area contributed by atoms with Crippen LogP contribution in [-0.4, -0.2) is 23.6 Å². The first-order chi connectivity index (χ1) is 11.5. The zero-order valence-electron chi connectivity index (χ0n) is 13.2. The summed E-state index contributed by atoms with van der Waals surface area (Å²) in [6, 6.07) is 11.2. The fraction of sp³-hybridized carbons (Fsp3) is 0.222. The molecule has 2 aromatic rings. The zero-order chi connectivity index (χ0) is 17.5. The van der Waals surface area contributed by atoms with Crippen molar-refractivity contribution in [2.75, 3.05) is 11.9 Å². The second-order valence-electron chi connectivity index (χ2n) is 5.19. The summed E-state index contributed by atoms with van der Waals surface area (Å²) in [5, 5.41) is 11.7. The molecule has 2 aromatic carbocycles. The van der Waals surface area contributed by atoms with Gasteiger partial charge in [-0.05, 0) is 58.7 Å². The minimum absolute atomic E-state index is 0.119. The van der Waals surface area contributed by atoms with Crippen LogP contribution in [0.25, 0.3) is 0 Å². The second-order valence-corrected chi connectivity index (χ2v) is 6.04. The number of carboxylic acid groups (broad SMARTS) is 1. The van der Waals surface area contributed by atoms with Gasteiger partial charge in [0.05, 0.1) is 16.6 Å². The van der Waals surface area contributed by atoms with Gasteiger partial charge in [0, 0.05) is 11.3 Å². The lowest BCUT2D eigenvalue weighted by Gasteiger charge is -2.10. The van der Waals surface area contributed by atoms with Gasteiger partial charge < -0.3 is 15.2 Å². The summed E-state index contributed by atoms with van der Waals surface area (Å²) in [6.07, 6.45) is 2.02. The highest BCUT2D eigenvalue weighted by Gasteiger charge is 2.11. The first-order valence-corrected chi connectivity index (χ1v) is 8.37. The van der Waals surface area contributed by atoms with E-state index in [0.29, 0.717) is 28.1 Å². The van der Waals surface area contributed by atoms with Gasteiger partial charge in [-0.2, -0.15) is 0 Å². The number of benzene rings is 2. The van der Waals surface area contributed by atoms with Gasteiger partial charge >= 0.3 is 5.97 Å². The number of hydrogen-bond donors (Lipinski definition) is 2. The highest BCUT2D eigenvalue weighted by atomic mass is 79.9. The number of unbranched alkanes of at least 4 members (excludes halogenated alkanes) is 1. The van der Waals surface area contributed by atoms with Crippen LogP contribution in [-0.2, 0) is 0 Å². The van der Waals surface area contributed by atoms with Gasteiger partial charge in [-0.15, -0.1) is 0 Å².